The van der Waals surface area contributed by atoms with Crippen molar-refractivity contribution in [2.75, 3.05) is 13.1 Å². The van der Waals surface area contributed by atoms with Gasteiger partial charge in [-0.25, -0.2) is 4.68 Å². The van der Waals surface area contributed by atoms with Crippen LogP contribution < -0.4 is 5.32 Å². The number of rotatable bonds is 6. The molecular weight excluding hydrogens is 362 g/mol. The molecule has 0 bridgehead atoms. The van der Waals surface area contributed by atoms with Gasteiger partial charge >= 0.3 is 0 Å². The van der Waals surface area contributed by atoms with E-state index in [4.69, 9.17) is 0 Å². The van der Waals surface area contributed by atoms with Crippen molar-refractivity contribution >= 4 is 5.91 Å². The zero-order valence-electron chi connectivity index (χ0n) is 16.8. The minimum Gasteiger partial charge on any atom is -0.329 e. The van der Waals surface area contributed by atoms with Gasteiger partial charge in [0.05, 0.1) is 11.7 Å². The number of nitrogens with zero attached hydrogens (tertiary/aromatic N) is 4. The van der Waals surface area contributed by atoms with Crippen molar-refractivity contribution in [2.24, 2.45) is 0 Å². The first-order chi connectivity index (χ1) is 14.2. The van der Waals surface area contributed by atoms with Crippen LogP contribution in [-0.2, 0) is 13.1 Å². The molecule has 0 saturated carbocycles. The van der Waals surface area contributed by atoms with Crippen LogP contribution in [0.4, 0.5) is 0 Å². The van der Waals surface area contributed by atoms with E-state index in [-0.39, 0.29) is 5.91 Å². The predicted octanol–water partition coefficient (Wildman–Crippen LogP) is 3.35. The fourth-order valence-electron chi connectivity index (χ4n) is 3.89. The molecule has 1 aliphatic heterocycles. The number of benzene rings is 2. The van der Waals surface area contributed by atoms with Crippen LogP contribution in [0.3, 0.4) is 0 Å². The van der Waals surface area contributed by atoms with Gasteiger partial charge in [-0.05, 0) is 44.0 Å². The molecule has 0 aliphatic carbocycles. The lowest BCUT2D eigenvalue weighted by Gasteiger charge is -2.24. The summed E-state index contributed by atoms with van der Waals surface area (Å²) in [5.74, 6) is -0.0737. The zero-order chi connectivity index (χ0) is 20.1. The van der Waals surface area contributed by atoms with Crippen molar-refractivity contribution in [1.29, 1.82) is 0 Å². The first-order valence-electron chi connectivity index (χ1n) is 10.2. The van der Waals surface area contributed by atoms with E-state index >= 15 is 0 Å². The summed E-state index contributed by atoms with van der Waals surface area (Å²) in [6.07, 6.45) is 2.02. The van der Waals surface area contributed by atoms with E-state index in [2.05, 4.69) is 15.6 Å². The molecule has 0 unspecified atom stereocenters. The molecule has 1 fully saturated rings. The van der Waals surface area contributed by atoms with Crippen molar-refractivity contribution < 1.29 is 4.79 Å². The van der Waals surface area contributed by atoms with Gasteiger partial charge in [0.25, 0.3) is 5.91 Å². The highest BCUT2D eigenvalue weighted by atomic mass is 16.2. The SMILES string of the molecule is Cc1c(C(=O)N(Cc2ccccc2)Cc2ccccc2)nnn1C1CCNCC1. The van der Waals surface area contributed by atoms with E-state index < -0.39 is 0 Å². The van der Waals surface area contributed by atoms with Crippen LogP contribution in [0, 0.1) is 6.92 Å². The standard InChI is InChI=1S/C23H27N5O/c1-18-22(25-26-28(18)21-12-14-24-15-13-21)23(29)27(16-19-8-4-2-5-9-19)17-20-10-6-3-7-11-20/h2-11,21,24H,12-17H2,1H3. The van der Waals surface area contributed by atoms with Gasteiger partial charge in [-0.15, -0.1) is 5.10 Å². The first-order valence-corrected chi connectivity index (χ1v) is 10.2. The summed E-state index contributed by atoms with van der Waals surface area (Å²) in [5, 5.41) is 12.0. The van der Waals surface area contributed by atoms with Crippen molar-refractivity contribution in [3.63, 3.8) is 0 Å². The number of amides is 1. The number of carbonyl (C=O) groups excluding carboxylic acids is 1. The second kappa shape index (κ2) is 9.01. The largest absolute Gasteiger partial charge is 0.329 e. The molecule has 3 aromatic rings. The summed E-state index contributed by atoms with van der Waals surface area (Å²) in [4.78, 5) is 15.3. The van der Waals surface area contributed by atoms with Crippen LogP contribution in [0.25, 0.3) is 0 Å². The molecular formula is C23H27N5O. The number of carbonyl (C=O) groups is 1. The van der Waals surface area contributed by atoms with Gasteiger partial charge in [0.2, 0.25) is 0 Å². The zero-order valence-corrected chi connectivity index (χ0v) is 16.8. The fourth-order valence-corrected chi connectivity index (χ4v) is 3.89. The van der Waals surface area contributed by atoms with E-state index in [0.717, 1.165) is 42.8 Å². The quantitative estimate of drug-likeness (QED) is 0.702. The van der Waals surface area contributed by atoms with Gasteiger partial charge in [0, 0.05) is 13.1 Å². The Morgan fingerprint density at radius 2 is 1.55 bits per heavy atom. The molecule has 0 radical (unpaired) electrons. The maximum atomic E-state index is 13.5. The lowest BCUT2D eigenvalue weighted by molar-refractivity contribution is 0.0723. The van der Waals surface area contributed by atoms with E-state index in [1.807, 2.05) is 77.2 Å². The molecule has 1 saturated heterocycles. The smallest absolute Gasteiger partial charge is 0.276 e. The minimum absolute atomic E-state index is 0.0737. The van der Waals surface area contributed by atoms with Crippen LogP contribution in [0.15, 0.2) is 60.7 Å². The van der Waals surface area contributed by atoms with Crippen molar-refractivity contribution in [3.8, 4) is 0 Å². The molecule has 2 heterocycles. The first kappa shape index (κ1) is 19.3. The van der Waals surface area contributed by atoms with Crippen LogP contribution in [0.1, 0.15) is 46.2 Å². The van der Waals surface area contributed by atoms with E-state index in [1.54, 1.807) is 0 Å². The van der Waals surface area contributed by atoms with Gasteiger partial charge in [-0.1, -0.05) is 65.9 Å². The molecule has 1 aromatic heterocycles. The van der Waals surface area contributed by atoms with E-state index in [0.29, 0.717) is 24.8 Å². The number of aromatic nitrogens is 3. The number of hydrogen-bond acceptors (Lipinski definition) is 4. The predicted molar refractivity (Wildman–Crippen MR) is 112 cm³/mol. The molecule has 4 rings (SSSR count). The summed E-state index contributed by atoms with van der Waals surface area (Å²) in [6.45, 7) is 4.98. The Hall–Kier alpha value is -2.99. The van der Waals surface area contributed by atoms with Crippen LogP contribution in [0.5, 0.6) is 0 Å². The molecule has 1 amide bonds. The second-order valence-electron chi connectivity index (χ2n) is 7.58. The van der Waals surface area contributed by atoms with Crippen LogP contribution in [-0.4, -0.2) is 38.9 Å². The summed E-state index contributed by atoms with van der Waals surface area (Å²) in [5.41, 5.74) is 3.50. The molecule has 6 nitrogen and oxygen atoms in total. The molecule has 0 atom stereocenters. The Labute approximate surface area is 171 Å². The normalized spacial score (nSPS) is 14.7. The Balaban J connectivity index is 1.59. The minimum atomic E-state index is -0.0737. The third-order valence-electron chi connectivity index (χ3n) is 5.50. The van der Waals surface area contributed by atoms with Gasteiger partial charge in [0.15, 0.2) is 5.69 Å². The Morgan fingerprint density at radius 3 is 2.10 bits per heavy atom. The Kier molecular flexibility index (Phi) is 6.00. The molecule has 1 aliphatic rings. The van der Waals surface area contributed by atoms with E-state index in [9.17, 15) is 4.79 Å². The van der Waals surface area contributed by atoms with Gasteiger partial charge < -0.3 is 10.2 Å². The summed E-state index contributed by atoms with van der Waals surface area (Å²) < 4.78 is 1.94. The Morgan fingerprint density at radius 1 is 1.00 bits per heavy atom. The summed E-state index contributed by atoms with van der Waals surface area (Å²) >= 11 is 0. The monoisotopic (exact) mass is 389 g/mol. The molecule has 2 aromatic carbocycles. The average Bonchev–Trinajstić information content (AvgIpc) is 3.16. The summed E-state index contributed by atoms with van der Waals surface area (Å²) in [7, 11) is 0. The highest BCUT2D eigenvalue weighted by molar-refractivity contribution is 5.93. The number of hydrogen-bond donors (Lipinski definition) is 1. The Bertz CT molecular complexity index is 891. The molecule has 0 spiro atoms. The third kappa shape index (κ3) is 4.54. The number of nitrogens with one attached hydrogen (secondary N) is 1. The average molecular weight is 390 g/mol. The van der Waals surface area contributed by atoms with Gasteiger partial charge in [-0.2, -0.15) is 0 Å². The van der Waals surface area contributed by atoms with Crippen molar-refractivity contribution in [3.05, 3.63) is 83.2 Å². The van der Waals surface area contributed by atoms with Gasteiger partial charge in [-0.3, -0.25) is 4.79 Å². The fraction of sp³-hybridized carbons (Fsp3) is 0.348. The second-order valence-corrected chi connectivity index (χ2v) is 7.58. The van der Waals surface area contributed by atoms with Crippen LogP contribution in [0.2, 0.25) is 0 Å². The van der Waals surface area contributed by atoms with E-state index in [1.165, 1.54) is 0 Å². The lowest BCUT2D eigenvalue weighted by atomic mass is 10.1. The topological polar surface area (TPSA) is 63.1 Å². The number of piperidine rings is 1. The molecule has 1 N–H and O–H groups in total. The highest BCUT2D eigenvalue weighted by Gasteiger charge is 2.26. The molecule has 150 valence electrons. The highest BCUT2D eigenvalue weighted by Crippen LogP contribution is 2.22. The summed E-state index contributed by atoms with van der Waals surface area (Å²) in [6, 6.07) is 20.5. The molecule has 6 heteroatoms. The third-order valence-corrected chi connectivity index (χ3v) is 5.50. The van der Waals surface area contributed by atoms with Crippen molar-refractivity contribution in [2.45, 2.75) is 38.9 Å². The lowest BCUT2D eigenvalue weighted by Crippen LogP contribution is -2.32. The van der Waals surface area contributed by atoms with Crippen LogP contribution >= 0.6 is 0 Å². The molecule has 29 heavy (non-hydrogen) atoms. The van der Waals surface area contributed by atoms with Crippen molar-refractivity contribution in [1.82, 2.24) is 25.2 Å². The van der Waals surface area contributed by atoms with Gasteiger partial charge in [0.1, 0.15) is 0 Å². The maximum absolute atomic E-state index is 13.5. The maximum Gasteiger partial charge on any atom is 0.276 e.